The molecule has 9 aromatic carbocycles. The van der Waals surface area contributed by atoms with E-state index in [1.807, 2.05) is 108 Å². The molecule has 0 bridgehead atoms. The van der Waals surface area contributed by atoms with Crippen molar-refractivity contribution >= 4 is 65.3 Å². The van der Waals surface area contributed by atoms with Crippen molar-refractivity contribution in [3.63, 3.8) is 0 Å². The van der Waals surface area contributed by atoms with Crippen LogP contribution >= 0.6 is 0 Å². The average Bonchev–Trinajstić information content (AvgIpc) is 3.88. The van der Waals surface area contributed by atoms with Gasteiger partial charge in [0.05, 0.1) is 33.0 Å². The number of nitrogens with zero attached hydrogens (tertiary/aromatic N) is 6. The van der Waals surface area contributed by atoms with Gasteiger partial charge in [-0.1, -0.05) is 133 Å². The number of para-hydroxylation sites is 4. The Morgan fingerprint density at radius 3 is 1.25 bits per heavy atom. The maximum absolute atomic E-state index is 15.4. The molecular formula is C58H36N6O. The Kier molecular flexibility index (Phi) is 8.23. The van der Waals surface area contributed by atoms with Crippen molar-refractivity contribution in [2.24, 2.45) is 0 Å². The molecule has 65 heavy (non-hydrogen) atoms. The molecule has 4 heterocycles. The first-order valence-corrected chi connectivity index (χ1v) is 21.7. The van der Waals surface area contributed by atoms with Crippen molar-refractivity contribution in [3.05, 3.63) is 229 Å². The lowest BCUT2D eigenvalue weighted by Crippen LogP contribution is -2.19. The Hall–Kier alpha value is -8.94. The second kappa shape index (κ2) is 14.6. The van der Waals surface area contributed by atoms with Gasteiger partial charge < -0.3 is 9.13 Å². The Labute approximate surface area is 372 Å². The highest BCUT2D eigenvalue weighted by atomic mass is 16.1. The minimum Gasteiger partial charge on any atom is -0.309 e. The van der Waals surface area contributed by atoms with Gasteiger partial charge in [0.15, 0.2) is 17.5 Å². The number of aromatic nitrogens is 6. The molecule has 304 valence electrons. The summed E-state index contributed by atoms with van der Waals surface area (Å²) in [5.74, 6) is 1.79. The van der Waals surface area contributed by atoms with E-state index in [0.29, 0.717) is 22.9 Å². The average molecular weight is 833 g/mol. The molecule has 0 radical (unpaired) electrons. The molecule has 0 spiro atoms. The van der Waals surface area contributed by atoms with E-state index in [-0.39, 0.29) is 5.56 Å². The Bertz CT molecular complexity index is 3990. The van der Waals surface area contributed by atoms with Gasteiger partial charge in [-0.05, 0) is 90.3 Å². The molecule has 0 N–H and O–H groups in total. The second-order valence-corrected chi connectivity index (χ2v) is 16.4. The Balaban J connectivity index is 1.14. The molecule has 0 saturated carbocycles. The fraction of sp³-hybridized carbons (Fsp3) is 0. The minimum atomic E-state index is -0.0834. The molecule has 7 nitrogen and oxygen atoms in total. The van der Waals surface area contributed by atoms with Crippen LogP contribution in [0.2, 0.25) is 0 Å². The van der Waals surface area contributed by atoms with Gasteiger partial charge in [-0.2, -0.15) is 0 Å². The van der Waals surface area contributed by atoms with E-state index in [9.17, 15) is 0 Å². The molecule has 7 heteroatoms. The lowest BCUT2D eigenvalue weighted by molar-refractivity contribution is 1.06. The predicted molar refractivity (Wildman–Crippen MR) is 265 cm³/mol. The van der Waals surface area contributed by atoms with Crippen molar-refractivity contribution in [1.29, 1.82) is 0 Å². The van der Waals surface area contributed by atoms with Crippen LogP contribution in [0.3, 0.4) is 0 Å². The van der Waals surface area contributed by atoms with Crippen molar-refractivity contribution in [2.45, 2.75) is 0 Å². The first-order chi connectivity index (χ1) is 32.2. The number of rotatable bonds is 6. The molecule has 0 aliphatic carbocycles. The fourth-order valence-electron chi connectivity index (χ4n) is 9.72. The summed E-state index contributed by atoms with van der Waals surface area (Å²) in [4.78, 5) is 30.5. The minimum absolute atomic E-state index is 0.0834. The predicted octanol–water partition coefficient (Wildman–Crippen LogP) is 13.5. The number of fused-ring (bicyclic) bond motifs is 9. The van der Waals surface area contributed by atoms with Gasteiger partial charge in [0.2, 0.25) is 0 Å². The van der Waals surface area contributed by atoms with Crippen LogP contribution in [0.4, 0.5) is 0 Å². The summed E-state index contributed by atoms with van der Waals surface area (Å²) < 4.78 is 6.46. The summed E-state index contributed by atoms with van der Waals surface area (Å²) in [7, 11) is 0. The van der Waals surface area contributed by atoms with Gasteiger partial charge in [0.25, 0.3) is 5.56 Å². The maximum Gasteiger partial charge on any atom is 0.263 e. The van der Waals surface area contributed by atoms with Crippen LogP contribution < -0.4 is 5.56 Å². The van der Waals surface area contributed by atoms with E-state index in [4.69, 9.17) is 15.0 Å². The smallest absolute Gasteiger partial charge is 0.263 e. The summed E-state index contributed by atoms with van der Waals surface area (Å²) in [6, 6.07) is 74.7. The molecule has 0 aliphatic heterocycles. The largest absolute Gasteiger partial charge is 0.309 e. The van der Waals surface area contributed by atoms with Crippen molar-refractivity contribution in [3.8, 4) is 51.2 Å². The highest BCUT2D eigenvalue weighted by Gasteiger charge is 2.22. The van der Waals surface area contributed by atoms with Crippen molar-refractivity contribution < 1.29 is 0 Å². The van der Waals surface area contributed by atoms with Crippen LogP contribution in [0.5, 0.6) is 0 Å². The Morgan fingerprint density at radius 2 is 0.662 bits per heavy atom. The van der Waals surface area contributed by atoms with Gasteiger partial charge in [0.1, 0.15) is 0 Å². The summed E-state index contributed by atoms with van der Waals surface area (Å²) in [5, 5.41) is 6.81. The second-order valence-electron chi connectivity index (χ2n) is 16.4. The SMILES string of the molecule is O=c1c2cc3c(cc2c2cc4c5ccccc5n(-c5ccccc5)c4cc2n1-c1ccccc1)c1cc(-c2nc(-c4ccccc4)nc(-c4ccccc4)n2)ccc1n3-c1ccccc1. The maximum atomic E-state index is 15.4. The third-order valence-electron chi connectivity index (χ3n) is 12.7. The van der Waals surface area contributed by atoms with Gasteiger partial charge in [0, 0.05) is 60.7 Å². The molecule has 13 rings (SSSR count). The van der Waals surface area contributed by atoms with Gasteiger partial charge in [-0.3, -0.25) is 9.36 Å². The number of pyridine rings is 1. The molecule has 13 aromatic rings. The molecule has 0 fully saturated rings. The van der Waals surface area contributed by atoms with Crippen LogP contribution in [-0.4, -0.2) is 28.7 Å². The van der Waals surface area contributed by atoms with E-state index >= 15 is 4.79 Å². The quantitative estimate of drug-likeness (QED) is 0.157. The lowest BCUT2D eigenvalue weighted by atomic mass is 10.00. The fourth-order valence-corrected chi connectivity index (χ4v) is 9.72. The van der Waals surface area contributed by atoms with Gasteiger partial charge >= 0.3 is 0 Å². The highest BCUT2D eigenvalue weighted by Crippen LogP contribution is 2.41. The van der Waals surface area contributed by atoms with E-state index in [1.165, 1.54) is 0 Å². The van der Waals surface area contributed by atoms with Gasteiger partial charge in [-0.15, -0.1) is 0 Å². The summed E-state index contributed by atoms with van der Waals surface area (Å²) in [5.41, 5.74) is 10.4. The number of benzene rings is 9. The lowest BCUT2D eigenvalue weighted by Gasteiger charge is -2.15. The third-order valence-corrected chi connectivity index (χ3v) is 12.7. The molecule has 0 amide bonds. The summed E-state index contributed by atoms with van der Waals surface area (Å²) >= 11 is 0. The van der Waals surface area contributed by atoms with E-state index in [0.717, 1.165) is 93.7 Å². The molecule has 0 saturated heterocycles. The van der Waals surface area contributed by atoms with Crippen LogP contribution in [0.25, 0.3) is 117 Å². The first kappa shape index (κ1) is 36.7. The zero-order chi connectivity index (χ0) is 43.0. The molecular weight excluding hydrogens is 797 g/mol. The van der Waals surface area contributed by atoms with Crippen LogP contribution in [-0.2, 0) is 0 Å². The number of hydrogen-bond acceptors (Lipinski definition) is 4. The zero-order valence-electron chi connectivity index (χ0n) is 34.9. The van der Waals surface area contributed by atoms with Crippen molar-refractivity contribution in [1.82, 2.24) is 28.7 Å². The third kappa shape index (κ3) is 5.83. The van der Waals surface area contributed by atoms with E-state index < -0.39 is 0 Å². The normalized spacial score (nSPS) is 11.8. The van der Waals surface area contributed by atoms with Crippen LogP contribution in [0, 0.1) is 0 Å². The highest BCUT2D eigenvalue weighted by molar-refractivity contribution is 6.22. The standard InChI is InChI=1S/C58H36N6O/c65-58-49-35-52-48(33-44(49)47-34-46-43-28-16-17-29-50(43)62(40-22-10-3-11-23-40)53(46)36-54(47)64(58)42-26-14-5-15-27-42)45-32-39(30-31-51(45)63(52)41-24-12-4-13-25-41)57-60-55(37-18-6-1-7-19-37)59-56(61-57)38-20-8-2-9-21-38/h1-36H. The first-order valence-electron chi connectivity index (χ1n) is 21.7. The van der Waals surface area contributed by atoms with Crippen LogP contribution in [0.15, 0.2) is 223 Å². The topological polar surface area (TPSA) is 70.5 Å². The van der Waals surface area contributed by atoms with Crippen LogP contribution in [0.1, 0.15) is 0 Å². The molecule has 0 unspecified atom stereocenters. The van der Waals surface area contributed by atoms with Crippen molar-refractivity contribution in [2.75, 3.05) is 0 Å². The number of hydrogen-bond donors (Lipinski definition) is 0. The van der Waals surface area contributed by atoms with Gasteiger partial charge in [-0.25, -0.2) is 15.0 Å². The summed E-state index contributed by atoms with van der Waals surface area (Å²) in [6.45, 7) is 0. The molecule has 4 aromatic heterocycles. The van der Waals surface area contributed by atoms with E-state index in [2.05, 4.69) is 124 Å². The summed E-state index contributed by atoms with van der Waals surface area (Å²) in [6.07, 6.45) is 0. The monoisotopic (exact) mass is 832 g/mol. The Morgan fingerprint density at radius 1 is 0.262 bits per heavy atom. The van der Waals surface area contributed by atoms with E-state index in [1.54, 1.807) is 0 Å². The molecule has 0 atom stereocenters. The molecule has 0 aliphatic rings. The zero-order valence-corrected chi connectivity index (χ0v) is 34.9.